The standard InChI is InChI=1S/C16H26N4O/c1-2-14(1)18-12-16(3-9-21-10-4-16)13-19-7-8-20-6-5-17-15(20)11-19/h5-6,14,18H,1-4,7-13H2. The monoisotopic (exact) mass is 290 g/mol. The van der Waals surface area contributed by atoms with Crippen LogP contribution in [-0.4, -0.2) is 53.3 Å². The lowest BCUT2D eigenvalue weighted by atomic mass is 9.79. The highest BCUT2D eigenvalue weighted by atomic mass is 16.5. The minimum absolute atomic E-state index is 0.398. The summed E-state index contributed by atoms with van der Waals surface area (Å²) in [6.45, 7) is 7.42. The fourth-order valence-corrected chi connectivity index (χ4v) is 3.68. The van der Waals surface area contributed by atoms with Gasteiger partial charge in [-0.3, -0.25) is 4.90 Å². The molecule has 0 unspecified atom stereocenters. The molecule has 5 nitrogen and oxygen atoms in total. The molecular weight excluding hydrogens is 264 g/mol. The summed E-state index contributed by atoms with van der Waals surface area (Å²) in [5.74, 6) is 1.22. The summed E-state index contributed by atoms with van der Waals surface area (Å²) in [6, 6.07) is 0.796. The van der Waals surface area contributed by atoms with Gasteiger partial charge in [0, 0.05) is 57.8 Å². The van der Waals surface area contributed by atoms with E-state index in [4.69, 9.17) is 4.74 Å². The van der Waals surface area contributed by atoms with Crippen molar-refractivity contribution in [1.29, 1.82) is 0 Å². The summed E-state index contributed by atoms with van der Waals surface area (Å²) >= 11 is 0. The Bertz CT molecular complexity index is 476. The molecule has 1 aliphatic carbocycles. The van der Waals surface area contributed by atoms with E-state index in [2.05, 4.69) is 26.0 Å². The van der Waals surface area contributed by atoms with Gasteiger partial charge in [0.2, 0.25) is 0 Å². The second-order valence-electron chi connectivity index (χ2n) is 7.02. The zero-order valence-electron chi connectivity index (χ0n) is 12.8. The van der Waals surface area contributed by atoms with Gasteiger partial charge in [0.25, 0.3) is 0 Å². The smallest absolute Gasteiger partial charge is 0.122 e. The van der Waals surface area contributed by atoms with Crippen molar-refractivity contribution in [1.82, 2.24) is 19.8 Å². The number of ether oxygens (including phenoxy) is 1. The van der Waals surface area contributed by atoms with Crippen LogP contribution in [0.4, 0.5) is 0 Å². The molecule has 3 aliphatic rings. The number of fused-ring (bicyclic) bond motifs is 1. The first-order valence-electron chi connectivity index (χ1n) is 8.37. The van der Waals surface area contributed by atoms with Gasteiger partial charge in [0.05, 0.1) is 6.54 Å². The molecule has 0 amide bonds. The van der Waals surface area contributed by atoms with E-state index in [-0.39, 0.29) is 0 Å². The fourth-order valence-electron chi connectivity index (χ4n) is 3.68. The average Bonchev–Trinajstić information content (AvgIpc) is 3.23. The molecule has 1 aromatic rings. The predicted molar refractivity (Wildman–Crippen MR) is 81.0 cm³/mol. The third-order valence-corrected chi connectivity index (χ3v) is 5.28. The first-order valence-corrected chi connectivity index (χ1v) is 8.37. The van der Waals surface area contributed by atoms with Crippen molar-refractivity contribution in [2.75, 3.05) is 32.8 Å². The maximum Gasteiger partial charge on any atom is 0.122 e. The molecule has 1 aromatic heterocycles. The summed E-state index contributed by atoms with van der Waals surface area (Å²) in [5.41, 5.74) is 0.398. The highest BCUT2D eigenvalue weighted by Gasteiger charge is 2.36. The van der Waals surface area contributed by atoms with Gasteiger partial charge >= 0.3 is 0 Å². The van der Waals surface area contributed by atoms with E-state index in [0.29, 0.717) is 5.41 Å². The Kier molecular flexibility index (Phi) is 3.73. The van der Waals surface area contributed by atoms with Crippen LogP contribution in [0.2, 0.25) is 0 Å². The number of nitrogens with zero attached hydrogens (tertiary/aromatic N) is 3. The van der Waals surface area contributed by atoms with Crippen molar-refractivity contribution in [2.24, 2.45) is 5.41 Å². The Hall–Kier alpha value is -0.910. The fraction of sp³-hybridized carbons (Fsp3) is 0.812. The van der Waals surface area contributed by atoms with Crippen LogP contribution < -0.4 is 5.32 Å². The topological polar surface area (TPSA) is 42.3 Å². The molecule has 21 heavy (non-hydrogen) atoms. The molecule has 0 radical (unpaired) electrons. The summed E-state index contributed by atoms with van der Waals surface area (Å²) < 4.78 is 7.90. The number of aromatic nitrogens is 2. The van der Waals surface area contributed by atoms with E-state index in [1.165, 1.54) is 38.1 Å². The van der Waals surface area contributed by atoms with E-state index in [0.717, 1.165) is 45.4 Å². The lowest BCUT2D eigenvalue weighted by Gasteiger charge is -2.42. The Morgan fingerprint density at radius 3 is 2.95 bits per heavy atom. The third-order valence-electron chi connectivity index (χ3n) is 5.28. The molecule has 116 valence electrons. The molecule has 2 fully saturated rings. The number of hydrogen-bond acceptors (Lipinski definition) is 4. The van der Waals surface area contributed by atoms with Crippen LogP contribution in [-0.2, 0) is 17.8 Å². The van der Waals surface area contributed by atoms with Crippen molar-refractivity contribution in [2.45, 2.75) is 44.8 Å². The van der Waals surface area contributed by atoms with Gasteiger partial charge in [-0.1, -0.05) is 0 Å². The number of nitrogens with one attached hydrogen (secondary N) is 1. The van der Waals surface area contributed by atoms with Crippen LogP contribution in [0.1, 0.15) is 31.5 Å². The van der Waals surface area contributed by atoms with Gasteiger partial charge in [-0.2, -0.15) is 0 Å². The second-order valence-corrected chi connectivity index (χ2v) is 7.02. The number of rotatable bonds is 5. The van der Waals surface area contributed by atoms with E-state index in [1.807, 2.05) is 6.20 Å². The first kappa shape index (κ1) is 13.7. The van der Waals surface area contributed by atoms with Crippen molar-refractivity contribution in [3.05, 3.63) is 18.2 Å². The molecule has 4 rings (SSSR count). The van der Waals surface area contributed by atoms with Crippen molar-refractivity contribution in [3.63, 3.8) is 0 Å². The minimum Gasteiger partial charge on any atom is -0.381 e. The Labute approximate surface area is 126 Å². The third kappa shape index (κ3) is 3.15. The van der Waals surface area contributed by atoms with Crippen LogP contribution in [0, 0.1) is 5.41 Å². The average molecular weight is 290 g/mol. The van der Waals surface area contributed by atoms with Crippen molar-refractivity contribution < 1.29 is 4.74 Å². The molecule has 5 heteroatoms. The predicted octanol–water partition coefficient (Wildman–Crippen LogP) is 1.25. The zero-order valence-corrected chi connectivity index (χ0v) is 12.8. The van der Waals surface area contributed by atoms with Crippen molar-refractivity contribution >= 4 is 0 Å². The summed E-state index contributed by atoms with van der Waals surface area (Å²) in [6.07, 6.45) is 9.15. The van der Waals surface area contributed by atoms with Crippen LogP contribution in [0.25, 0.3) is 0 Å². The summed E-state index contributed by atoms with van der Waals surface area (Å²) in [7, 11) is 0. The van der Waals surface area contributed by atoms with Gasteiger partial charge < -0.3 is 14.6 Å². The zero-order chi connectivity index (χ0) is 14.1. The summed E-state index contributed by atoms with van der Waals surface area (Å²) in [4.78, 5) is 7.09. The van der Waals surface area contributed by atoms with Gasteiger partial charge in [-0.05, 0) is 31.1 Å². The molecule has 0 aromatic carbocycles. The van der Waals surface area contributed by atoms with Crippen molar-refractivity contribution in [3.8, 4) is 0 Å². The van der Waals surface area contributed by atoms with E-state index in [9.17, 15) is 0 Å². The van der Waals surface area contributed by atoms with Crippen LogP contribution in [0.15, 0.2) is 12.4 Å². The van der Waals surface area contributed by atoms with Crippen LogP contribution in [0.3, 0.4) is 0 Å². The van der Waals surface area contributed by atoms with Gasteiger partial charge in [-0.25, -0.2) is 4.98 Å². The largest absolute Gasteiger partial charge is 0.381 e. The van der Waals surface area contributed by atoms with E-state index < -0.39 is 0 Å². The normalized spacial score (nSPS) is 25.7. The first-order chi connectivity index (χ1) is 10.3. The Morgan fingerprint density at radius 2 is 2.14 bits per heavy atom. The molecule has 1 saturated heterocycles. The lowest BCUT2D eigenvalue weighted by Crippen LogP contribution is -2.49. The molecule has 0 atom stereocenters. The van der Waals surface area contributed by atoms with E-state index >= 15 is 0 Å². The lowest BCUT2D eigenvalue weighted by molar-refractivity contribution is -0.00903. The molecular formula is C16H26N4O. The molecule has 0 spiro atoms. The van der Waals surface area contributed by atoms with Gasteiger partial charge in [0.15, 0.2) is 0 Å². The molecule has 2 aliphatic heterocycles. The highest BCUT2D eigenvalue weighted by Crippen LogP contribution is 2.33. The Balaban J connectivity index is 1.41. The molecule has 3 heterocycles. The maximum atomic E-state index is 5.62. The quantitative estimate of drug-likeness (QED) is 0.886. The molecule has 1 saturated carbocycles. The SMILES string of the molecule is c1cn2c(n1)CN(CC1(CNC3CC3)CCOCC1)CC2. The number of imidazole rings is 1. The van der Waals surface area contributed by atoms with Crippen LogP contribution >= 0.6 is 0 Å². The van der Waals surface area contributed by atoms with Crippen LogP contribution in [0.5, 0.6) is 0 Å². The minimum atomic E-state index is 0.398. The highest BCUT2D eigenvalue weighted by molar-refractivity contribution is 4.98. The maximum absolute atomic E-state index is 5.62. The van der Waals surface area contributed by atoms with Gasteiger partial charge in [0.1, 0.15) is 5.82 Å². The molecule has 1 N–H and O–H groups in total. The second kappa shape index (κ2) is 5.71. The van der Waals surface area contributed by atoms with E-state index in [1.54, 1.807) is 0 Å². The number of hydrogen-bond donors (Lipinski definition) is 1. The summed E-state index contributed by atoms with van der Waals surface area (Å²) in [5, 5.41) is 3.77. The Morgan fingerprint density at radius 1 is 1.29 bits per heavy atom. The molecule has 0 bridgehead atoms. The van der Waals surface area contributed by atoms with Gasteiger partial charge in [-0.15, -0.1) is 0 Å².